The van der Waals surface area contributed by atoms with Gasteiger partial charge in [0.2, 0.25) is 5.91 Å². The Morgan fingerprint density at radius 1 is 1.29 bits per heavy atom. The number of fused-ring (bicyclic) bond motifs is 1. The number of carboxylic acids is 1. The Bertz CT molecular complexity index is 736. The zero-order chi connectivity index (χ0) is 19.9. The van der Waals surface area contributed by atoms with Gasteiger partial charge in [-0.15, -0.1) is 35.3 Å². The number of carbonyl (C=O) groups is 4. The Hall–Kier alpha value is -0.330. The van der Waals surface area contributed by atoms with Crippen LogP contribution in [-0.2, 0) is 23.9 Å². The van der Waals surface area contributed by atoms with Gasteiger partial charge in [-0.3, -0.25) is 9.59 Å². The maximum Gasteiger partial charge on any atom is 1.00 e. The maximum atomic E-state index is 12.8. The van der Waals surface area contributed by atoms with Crippen LogP contribution in [0.25, 0.3) is 0 Å². The quantitative estimate of drug-likeness (QED) is 0.113. The van der Waals surface area contributed by atoms with Crippen molar-refractivity contribution in [2.45, 2.75) is 43.0 Å². The smallest absolute Gasteiger partial charge is 0.548 e. The van der Waals surface area contributed by atoms with E-state index in [4.69, 9.17) is 4.74 Å². The molecule has 3 aliphatic rings. The van der Waals surface area contributed by atoms with E-state index in [1.54, 1.807) is 20.8 Å². The standard InChI is InChI=1S/C16H20N2O6S3.Na/c1-4-24-14(23)7(15-25-5-6-26-15)10(19)17-8-11(20)18-9(13(21)22)16(2,3)27-12(8)18;/h8-9,12H,4-6H2,1-3H3,(H,17,19)(H,21,22);/q;+1/p-1/t8-,9?,12+;/m1./s1. The van der Waals surface area contributed by atoms with E-state index in [1.165, 1.54) is 40.2 Å². The first-order valence-electron chi connectivity index (χ1n) is 8.37. The van der Waals surface area contributed by atoms with Gasteiger partial charge in [0.1, 0.15) is 17.0 Å². The molecule has 3 heterocycles. The van der Waals surface area contributed by atoms with E-state index >= 15 is 0 Å². The predicted octanol–water partition coefficient (Wildman–Crippen LogP) is -3.46. The fourth-order valence-electron chi connectivity index (χ4n) is 3.27. The minimum absolute atomic E-state index is 0. The number of esters is 1. The number of nitrogens with zero attached hydrogens (tertiary/aromatic N) is 1. The fraction of sp³-hybridized carbons (Fsp3) is 0.625. The molecule has 0 spiro atoms. The summed E-state index contributed by atoms with van der Waals surface area (Å²) in [6, 6.07) is -1.94. The number of carboxylic acid groups (broad SMARTS) is 1. The van der Waals surface area contributed by atoms with E-state index in [9.17, 15) is 24.3 Å². The van der Waals surface area contributed by atoms with Crippen LogP contribution in [0.15, 0.2) is 9.81 Å². The summed E-state index contributed by atoms with van der Waals surface area (Å²) in [6.07, 6.45) is 0. The monoisotopic (exact) mass is 454 g/mol. The third kappa shape index (κ3) is 4.24. The van der Waals surface area contributed by atoms with Gasteiger partial charge in [-0.1, -0.05) is 0 Å². The summed E-state index contributed by atoms with van der Waals surface area (Å²) in [7, 11) is 0. The van der Waals surface area contributed by atoms with Crippen molar-refractivity contribution in [2.24, 2.45) is 0 Å². The van der Waals surface area contributed by atoms with Gasteiger partial charge in [-0.2, -0.15) is 0 Å². The number of nitrogens with one attached hydrogen (secondary N) is 1. The number of carbonyl (C=O) groups excluding carboxylic acids is 4. The van der Waals surface area contributed by atoms with Crippen LogP contribution in [0, 0.1) is 0 Å². The van der Waals surface area contributed by atoms with Gasteiger partial charge in [0.05, 0.1) is 22.9 Å². The van der Waals surface area contributed by atoms with Gasteiger partial charge in [-0.05, 0) is 20.8 Å². The van der Waals surface area contributed by atoms with Crippen LogP contribution in [0.4, 0.5) is 0 Å². The van der Waals surface area contributed by atoms with Crippen molar-refractivity contribution in [2.75, 3.05) is 18.1 Å². The summed E-state index contributed by atoms with van der Waals surface area (Å²) in [5, 5.41) is 13.5. The first kappa shape index (κ1) is 23.9. The van der Waals surface area contributed by atoms with Gasteiger partial charge in [0.15, 0.2) is 0 Å². The predicted molar refractivity (Wildman–Crippen MR) is 102 cm³/mol. The molecule has 3 fully saturated rings. The Kier molecular flexibility index (Phi) is 7.88. The molecule has 0 bridgehead atoms. The molecule has 1 N–H and O–H groups in total. The molecular weight excluding hydrogens is 435 g/mol. The molecule has 1 unspecified atom stereocenters. The second kappa shape index (κ2) is 9.22. The molecule has 0 saturated carbocycles. The average Bonchev–Trinajstić information content (AvgIpc) is 3.17. The second-order valence-electron chi connectivity index (χ2n) is 6.61. The minimum atomic E-state index is -1.32. The molecule has 0 radical (unpaired) electrons. The molecule has 3 aliphatic heterocycles. The molecule has 3 atom stereocenters. The Labute approximate surface area is 197 Å². The largest absolute Gasteiger partial charge is 1.00 e. The van der Waals surface area contributed by atoms with E-state index in [2.05, 4.69) is 5.32 Å². The van der Waals surface area contributed by atoms with Crippen molar-refractivity contribution in [3.63, 3.8) is 0 Å². The summed E-state index contributed by atoms with van der Waals surface area (Å²) in [4.78, 5) is 50.2. The van der Waals surface area contributed by atoms with Gasteiger partial charge < -0.3 is 24.9 Å². The van der Waals surface area contributed by atoms with Crippen LogP contribution in [-0.4, -0.2) is 69.0 Å². The second-order valence-corrected chi connectivity index (χ2v) is 10.8. The van der Waals surface area contributed by atoms with Crippen molar-refractivity contribution in [1.29, 1.82) is 0 Å². The third-order valence-corrected chi connectivity index (χ3v) is 8.70. The van der Waals surface area contributed by atoms with Crippen molar-refractivity contribution in [3.05, 3.63) is 9.81 Å². The van der Waals surface area contributed by atoms with E-state index in [0.29, 0.717) is 4.24 Å². The number of hydrogen-bond acceptors (Lipinski definition) is 9. The fourth-order valence-corrected chi connectivity index (χ4v) is 7.40. The number of amides is 2. The van der Waals surface area contributed by atoms with Gasteiger partial charge in [0, 0.05) is 16.3 Å². The van der Waals surface area contributed by atoms with E-state index in [1.807, 2.05) is 0 Å². The number of thioether (sulfide) groups is 3. The Morgan fingerprint density at radius 2 is 1.89 bits per heavy atom. The zero-order valence-electron chi connectivity index (χ0n) is 16.0. The number of hydrogen-bond donors (Lipinski definition) is 1. The third-order valence-electron chi connectivity index (χ3n) is 4.41. The maximum absolute atomic E-state index is 12.8. The van der Waals surface area contributed by atoms with E-state index in [-0.39, 0.29) is 41.7 Å². The first-order chi connectivity index (χ1) is 12.7. The molecule has 3 saturated heterocycles. The topological polar surface area (TPSA) is 116 Å². The molecule has 0 aromatic heterocycles. The molecule has 12 heteroatoms. The number of β-lactam (4-membered cyclic amide) rings is 1. The van der Waals surface area contributed by atoms with Crippen molar-refractivity contribution >= 4 is 59.0 Å². The first-order valence-corrected chi connectivity index (χ1v) is 11.2. The van der Waals surface area contributed by atoms with Crippen molar-refractivity contribution in [3.8, 4) is 0 Å². The van der Waals surface area contributed by atoms with Crippen LogP contribution in [0.1, 0.15) is 20.8 Å². The summed E-state index contributed by atoms with van der Waals surface area (Å²) < 4.78 is 4.84. The zero-order valence-corrected chi connectivity index (χ0v) is 20.4. The van der Waals surface area contributed by atoms with Crippen LogP contribution < -0.4 is 40.0 Å². The van der Waals surface area contributed by atoms with E-state index in [0.717, 1.165) is 11.5 Å². The molecule has 0 aromatic rings. The van der Waals surface area contributed by atoms with Crippen LogP contribution in [0.2, 0.25) is 0 Å². The van der Waals surface area contributed by atoms with Crippen molar-refractivity contribution in [1.82, 2.24) is 10.2 Å². The van der Waals surface area contributed by atoms with Crippen molar-refractivity contribution < 1.29 is 58.6 Å². The summed E-state index contributed by atoms with van der Waals surface area (Å²) >= 11 is 4.11. The Morgan fingerprint density at radius 3 is 2.43 bits per heavy atom. The molecule has 0 aromatic carbocycles. The van der Waals surface area contributed by atoms with Crippen LogP contribution in [0.5, 0.6) is 0 Å². The average molecular weight is 455 g/mol. The molecule has 2 amide bonds. The summed E-state index contributed by atoms with van der Waals surface area (Å²) in [6.45, 7) is 5.23. The molecule has 28 heavy (non-hydrogen) atoms. The SMILES string of the molecule is CCOC(=O)C(C(=O)N[C@@H]1C(=O)N2C(C(=O)[O-])C(C)(C)S[C@@H]12)=C1SCCS1.[Na+]. The summed E-state index contributed by atoms with van der Waals surface area (Å²) in [5.74, 6) is -1.62. The van der Waals surface area contributed by atoms with Gasteiger partial charge in [0.25, 0.3) is 5.91 Å². The van der Waals surface area contributed by atoms with Gasteiger partial charge in [-0.25, -0.2) is 4.79 Å². The molecule has 8 nitrogen and oxygen atoms in total. The normalized spacial score (nSPS) is 27.4. The minimum Gasteiger partial charge on any atom is -0.548 e. The Balaban J connectivity index is 0.00000280. The van der Waals surface area contributed by atoms with Crippen LogP contribution >= 0.6 is 35.3 Å². The summed E-state index contributed by atoms with van der Waals surface area (Å²) in [5.41, 5.74) is -0.0886. The van der Waals surface area contributed by atoms with E-state index < -0.39 is 46.0 Å². The molecule has 0 aliphatic carbocycles. The van der Waals surface area contributed by atoms with Crippen LogP contribution in [0.3, 0.4) is 0 Å². The molecule has 148 valence electrons. The molecule has 3 rings (SSSR count). The number of rotatable bonds is 5. The number of ether oxygens (including phenoxy) is 1. The number of aliphatic carboxylic acids is 1. The van der Waals surface area contributed by atoms with Gasteiger partial charge >= 0.3 is 35.5 Å². The molecular formula is C16H19N2NaO6S3.